The Labute approximate surface area is 117 Å². The molecule has 1 fully saturated rings. The number of rotatable bonds is 6. The molecule has 1 saturated carbocycles. The van der Waals surface area contributed by atoms with Gasteiger partial charge in [0.1, 0.15) is 10.7 Å². The lowest BCUT2D eigenvalue weighted by molar-refractivity contribution is 0.315. The summed E-state index contributed by atoms with van der Waals surface area (Å²) in [6, 6.07) is 0.000179. The maximum Gasteiger partial charge on any atom is 0.246 e. The molecule has 1 aliphatic carbocycles. The fourth-order valence-corrected chi connectivity index (χ4v) is 4.20. The van der Waals surface area contributed by atoms with Crippen molar-refractivity contribution in [1.82, 2.24) is 14.5 Å². The molecular formula is C11H19N5O3S. The molecule has 2 rings (SSSR count). The van der Waals surface area contributed by atoms with Crippen LogP contribution in [-0.4, -0.2) is 46.5 Å². The van der Waals surface area contributed by atoms with Crippen molar-refractivity contribution in [3.8, 4) is 0 Å². The number of nitrogens with two attached hydrogens (primary N) is 1. The molecule has 1 heterocycles. The van der Waals surface area contributed by atoms with Gasteiger partial charge in [0.15, 0.2) is 0 Å². The van der Waals surface area contributed by atoms with Crippen LogP contribution >= 0.6 is 0 Å². The summed E-state index contributed by atoms with van der Waals surface area (Å²) in [6.07, 6.45) is 1.87. The highest BCUT2D eigenvalue weighted by molar-refractivity contribution is 7.89. The normalized spacial score (nSPS) is 16.9. The van der Waals surface area contributed by atoms with Crippen molar-refractivity contribution in [2.75, 3.05) is 6.54 Å². The summed E-state index contributed by atoms with van der Waals surface area (Å²) in [5.74, 6) is 0.0199. The van der Waals surface area contributed by atoms with E-state index in [0.717, 1.165) is 12.8 Å². The summed E-state index contributed by atoms with van der Waals surface area (Å²) >= 11 is 0. The quantitative estimate of drug-likeness (QED) is 0.302. The number of nitrogens with one attached hydrogen (secondary N) is 1. The molecule has 8 nitrogen and oxygen atoms in total. The minimum absolute atomic E-state index is 0.000179. The van der Waals surface area contributed by atoms with Crippen LogP contribution < -0.4 is 5.73 Å². The van der Waals surface area contributed by atoms with Crippen LogP contribution in [0.3, 0.4) is 0 Å². The van der Waals surface area contributed by atoms with Crippen LogP contribution in [0.5, 0.6) is 0 Å². The SMILES string of the molecule is Cc1n[nH]c(C)c1S(=O)(=O)N(CCC(N)=NO)C1CC1. The summed E-state index contributed by atoms with van der Waals surface area (Å²) in [6.45, 7) is 3.54. The van der Waals surface area contributed by atoms with Crippen molar-refractivity contribution in [3.63, 3.8) is 0 Å². The van der Waals surface area contributed by atoms with E-state index >= 15 is 0 Å². The molecule has 0 saturated heterocycles. The highest BCUT2D eigenvalue weighted by atomic mass is 32.2. The van der Waals surface area contributed by atoms with Gasteiger partial charge >= 0.3 is 0 Å². The summed E-state index contributed by atoms with van der Waals surface area (Å²) in [7, 11) is -3.61. The Bertz CT molecular complexity index is 599. The number of aryl methyl sites for hydroxylation is 2. The zero-order chi connectivity index (χ0) is 14.9. The summed E-state index contributed by atoms with van der Waals surface area (Å²) in [4.78, 5) is 0.226. The molecule has 4 N–H and O–H groups in total. The maximum atomic E-state index is 12.7. The molecular weight excluding hydrogens is 282 g/mol. The van der Waals surface area contributed by atoms with Gasteiger partial charge in [0.25, 0.3) is 0 Å². The van der Waals surface area contributed by atoms with E-state index in [-0.39, 0.29) is 29.7 Å². The van der Waals surface area contributed by atoms with Gasteiger partial charge in [-0.3, -0.25) is 5.10 Å². The fourth-order valence-electron chi connectivity index (χ4n) is 2.17. The molecule has 112 valence electrons. The van der Waals surface area contributed by atoms with E-state index in [2.05, 4.69) is 15.4 Å². The third-order valence-corrected chi connectivity index (χ3v) is 5.51. The lowest BCUT2D eigenvalue weighted by Crippen LogP contribution is -2.36. The van der Waals surface area contributed by atoms with Crippen LogP contribution in [0.15, 0.2) is 10.1 Å². The molecule has 0 spiro atoms. The van der Waals surface area contributed by atoms with Crippen molar-refractivity contribution in [2.45, 2.75) is 44.0 Å². The average molecular weight is 301 g/mol. The van der Waals surface area contributed by atoms with Crippen molar-refractivity contribution >= 4 is 15.9 Å². The molecule has 1 aliphatic rings. The van der Waals surface area contributed by atoms with Crippen LogP contribution in [-0.2, 0) is 10.0 Å². The van der Waals surface area contributed by atoms with E-state index in [0.29, 0.717) is 11.4 Å². The Morgan fingerprint density at radius 2 is 2.20 bits per heavy atom. The molecule has 1 aromatic rings. The summed E-state index contributed by atoms with van der Waals surface area (Å²) < 4.78 is 26.9. The van der Waals surface area contributed by atoms with Crippen LogP contribution in [0.25, 0.3) is 0 Å². The summed E-state index contributed by atoms with van der Waals surface area (Å²) in [5, 5.41) is 18.1. The molecule has 20 heavy (non-hydrogen) atoms. The van der Waals surface area contributed by atoms with Gasteiger partial charge in [0, 0.05) is 19.0 Å². The Hall–Kier alpha value is -1.61. The number of aromatic amines is 1. The number of H-pyrrole nitrogens is 1. The third-order valence-electron chi connectivity index (χ3n) is 3.30. The van der Waals surface area contributed by atoms with E-state index in [1.807, 2.05) is 0 Å². The molecule has 0 bridgehead atoms. The van der Waals surface area contributed by atoms with E-state index in [4.69, 9.17) is 10.9 Å². The zero-order valence-corrected chi connectivity index (χ0v) is 12.3. The second-order valence-corrected chi connectivity index (χ2v) is 6.78. The Balaban J connectivity index is 2.29. The predicted octanol–water partition coefficient (Wildman–Crippen LogP) is 0.316. The van der Waals surface area contributed by atoms with Crippen LogP contribution in [0.4, 0.5) is 0 Å². The van der Waals surface area contributed by atoms with Gasteiger partial charge in [-0.15, -0.1) is 0 Å². The van der Waals surface area contributed by atoms with E-state index < -0.39 is 10.0 Å². The van der Waals surface area contributed by atoms with Crippen LogP contribution in [0.2, 0.25) is 0 Å². The first kappa shape index (κ1) is 14.8. The lowest BCUT2D eigenvalue weighted by Gasteiger charge is -2.21. The molecule has 9 heteroatoms. The van der Waals surface area contributed by atoms with E-state index in [1.54, 1.807) is 13.8 Å². The first-order valence-electron chi connectivity index (χ1n) is 6.37. The van der Waals surface area contributed by atoms with Crippen molar-refractivity contribution in [3.05, 3.63) is 11.4 Å². The first-order chi connectivity index (χ1) is 9.37. The molecule has 0 aliphatic heterocycles. The van der Waals surface area contributed by atoms with Crippen molar-refractivity contribution in [1.29, 1.82) is 0 Å². The van der Waals surface area contributed by atoms with Gasteiger partial charge in [-0.05, 0) is 26.7 Å². The van der Waals surface area contributed by atoms with Gasteiger partial charge < -0.3 is 10.9 Å². The average Bonchev–Trinajstić information content (AvgIpc) is 3.14. The number of hydrogen-bond acceptors (Lipinski definition) is 5. The molecule has 0 amide bonds. The maximum absolute atomic E-state index is 12.7. The Morgan fingerprint density at radius 1 is 1.55 bits per heavy atom. The van der Waals surface area contributed by atoms with E-state index in [9.17, 15) is 8.42 Å². The number of oxime groups is 1. The topological polar surface area (TPSA) is 125 Å². The van der Waals surface area contributed by atoms with Gasteiger partial charge in [0.2, 0.25) is 10.0 Å². The number of nitrogens with zero attached hydrogens (tertiary/aromatic N) is 3. The van der Waals surface area contributed by atoms with E-state index in [1.165, 1.54) is 4.31 Å². The minimum atomic E-state index is -3.61. The highest BCUT2D eigenvalue weighted by Crippen LogP contribution is 2.33. The third kappa shape index (κ3) is 2.78. The first-order valence-corrected chi connectivity index (χ1v) is 7.81. The standard InChI is InChI=1S/C11H19N5O3S/c1-7-11(8(2)14-13-7)20(18,19)16(9-3-4-9)6-5-10(12)15-17/h9,17H,3-6H2,1-2H3,(H2,12,15)(H,13,14). The number of amidine groups is 1. The molecule has 0 atom stereocenters. The molecule has 1 aromatic heterocycles. The molecule has 0 aromatic carbocycles. The minimum Gasteiger partial charge on any atom is -0.409 e. The molecule has 0 unspecified atom stereocenters. The van der Waals surface area contributed by atoms with Crippen LogP contribution in [0.1, 0.15) is 30.7 Å². The van der Waals surface area contributed by atoms with Crippen LogP contribution in [0, 0.1) is 13.8 Å². The lowest BCUT2D eigenvalue weighted by atomic mass is 10.4. The zero-order valence-electron chi connectivity index (χ0n) is 11.5. The van der Waals surface area contributed by atoms with Gasteiger partial charge in [-0.2, -0.15) is 9.40 Å². The fraction of sp³-hybridized carbons (Fsp3) is 0.636. The van der Waals surface area contributed by atoms with Gasteiger partial charge in [0.05, 0.1) is 11.4 Å². The monoisotopic (exact) mass is 301 g/mol. The molecule has 0 radical (unpaired) electrons. The summed E-state index contributed by atoms with van der Waals surface area (Å²) in [5.41, 5.74) is 6.40. The number of hydrogen-bond donors (Lipinski definition) is 3. The second kappa shape index (κ2) is 5.41. The largest absolute Gasteiger partial charge is 0.409 e. The highest BCUT2D eigenvalue weighted by Gasteiger charge is 2.39. The number of aromatic nitrogens is 2. The Morgan fingerprint density at radius 3 is 2.65 bits per heavy atom. The van der Waals surface area contributed by atoms with Gasteiger partial charge in [-0.25, -0.2) is 8.42 Å². The Kier molecular flexibility index (Phi) is 4.00. The van der Waals surface area contributed by atoms with Gasteiger partial charge in [-0.1, -0.05) is 5.16 Å². The smallest absolute Gasteiger partial charge is 0.246 e. The number of sulfonamides is 1. The predicted molar refractivity (Wildman–Crippen MR) is 73.0 cm³/mol. The van der Waals surface area contributed by atoms with Crippen molar-refractivity contribution in [2.24, 2.45) is 10.9 Å². The van der Waals surface area contributed by atoms with Crippen molar-refractivity contribution < 1.29 is 13.6 Å². The second-order valence-electron chi connectivity index (χ2n) is 4.95.